The van der Waals surface area contributed by atoms with Gasteiger partial charge in [-0.15, -0.1) is 0 Å². The second-order valence-electron chi connectivity index (χ2n) is 5.13. The zero-order valence-corrected chi connectivity index (χ0v) is 11.4. The zero-order chi connectivity index (χ0) is 17.0. The number of aromatic amines is 1. The molecule has 1 aliphatic rings. The van der Waals surface area contributed by atoms with Crippen molar-refractivity contribution in [3.05, 3.63) is 16.7 Å². The number of anilines is 1. The summed E-state index contributed by atoms with van der Waals surface area (Å²) < 4.78 is 46.5. The van der Waals surface area contributed by atoms with Crippen LogP contribution in [-0.2, 0) is 10.5 Å². The first-order valence-electron chi connectivity index (χ1n) is 6.46. The van der Waals surface area contributed by atoms with Crippen LogP contribution in [0.15, 0.2) is 11.1 Å². The number of nitrogens with zero attached hydrogens (tertiary/aromatic N) is 3. The average molecular weight is 335 g/mol. The molecule has 2 aromatic rings. The highest BCUT2D eigenvalue weighted by atomic mass is 19.4. The van der Waals surface area contributed by atoms with E-state index in [0.717, 1.165) is 6.33 Å². The van der Waals surface area contributed by atoms with Gasteiger partial charge in [-0.25, -0.2) is 4.98 Å². The van der Waals surface area contributed by atoms with E-state index in [1.165, 1.54) is 0 Å². The molecule has 0 aliphatic carbocycles. The van der Waals surface area contributed by atoms with Crippen molar-refractivity contribution in [3.8, 4) is 0 Å². The molecule has 0 bridgehead atoms. The molecule has 126 valence electrons. The number of ether oxygens (including phenoxy) is 1. The summed E-state index contributed by atoms with van der Waals surface area (Å²) >= 11 is 0. The van der Waals surface area contributed by atoms with E-state index >= 15 is 0 Å². The van der Waals surface area contributed by atoms with Crippen molar-refractivity contribution in [2.45, 2.75) is 30.5 Å². The molecule has 3 atom stereocenters. The Morgan fingerprint density at radius 1 is 1.57 bits per heavy atom. The van der Waals surface area contributed by atoms with Crippen molar-refractivity contribution in [1.82, 2.24) is 19.5 Å². The predicted octanol–water partition coefficient (Wildman–Crippen LogP) is -0.941. The van der Waals surface area contributed by atoms with Crippen LogP contribution in [0.25, 0.3) is 11.2 Å². The number of hydrogen-bond acceptors (Lipinski definition) is 7. The number of alkyl halides is 3. The van der Waals surface area contributed by atoms with E-state index in [-0.39, 0.29) is 11.5 Å². The summed E-state index contributed by atoms with van der Waals surface area (Å²) in [4.78, 5) is 21.1. The van der Waals surface area contributed by atoms with Crippen LogP contribution in [-0.4, -0.2) is 54.7 Å². The lowest BCUT2D eigenvalue weighted by Gasteiger charge is -2.32. The maximum absolute atomic E-state index is 13.7. The van der Waals surface area contributed by atoms with Gasteiger partial charge in [0.05, 0.1) is 19.0 Å². The molecule has 0 saturated carbocycles. The Morgan fingerprint density at radius 3 is 2.83 bits per heavy atom. The standard InChI is InChI=1S/C11H12F3N5O4/c12-11(13,14)10(1-4(21)5(2-20)23-10)19-3-16-6-7(19)17-9(15)18-8(6)22/h3-5,20-21H,1-2H2,(H3,15,17,18,22)/t4-,5+,10-/m0/s1. The Bertz CT molecular complexity index is 803. The van der Waals surface area contributed by atoms with Crippen molar-refractivity contribution >= 4 is 17.1 Å². The second kappa shape index (κ2) is 4.91. The van der Waals surface area contributed by atoms with Crippen molar-refractivity contribution in [1.29, 1.82) is 0 Å². The molecule has 0 aromatic carbocycles. The summed E-state index contributed by atoms with van der Waals surface area (Å²) in [7, 11) is 0. The monoisotopic (exact) mass is 335 g/mol. The SMILES string of the molecule is Nc1nc2c(ncn2[C@@]2(C(F)(F)F)C[C@H](O)[C@@H](CO)O2)c(=O)[nH]1. The fraction of sp³-hybridized carbons (Fsp3) is 0.545. The van der Waals surface area contributed by atoms with Crippen molar-refractivity contribution in [2.24, 2.45) is 0 Å². The van der Waals surface area contributed by atoms with Gasteiger partial charge in [0.2, 0.25) is 11.7 Å². The summed E-state index contributed by atoms with van der Waals surface area (Å²) in [5.74, 6) is -0.390. The van der Waals surface area contributed by atoms with E-state index in [9.17, 15) is 23.1 Å². The van der Waals surface area contributed by atoms with Gasteiger partial charge >= 0.3 is 6.18 Å². The number of halogens is 3. The van der Waals surface area contributed by atoms with E-state index in [1.807, 2.05) is 0 Å². The quantitative estimate of drug-likeness (QED) is 0.555. The van der Waals surface area contributed by atoms with Crippen LogP contribution in [0.2, 0.25) is 0 Å². The molecule has 2 aromatic heterocycles. The molecular formula is C11H12F3N5O4. The van der Waals surface area contributed by atoms with Gasteiger partial charge in [0.15, 0.2) is 11.2 Å². The highest BCUT2D eigenvalue weighted by Crippen LogP contribution is 2.48. The Kier molecular flexibility index (Phi) is 3.35. The van der Waals surface area contributed by atoms with Gasteiger partial charge in [-0.05, 0) is 0 Å². The summed E-state index contributed by atoms with van der Waals surface area (Å²) in [6, 6.07) is 0. The number of aliphatic hydroxyl groups excluding tert-OH is 2. The molecule has 3 heterocycles. The molecule has 9 nitrogen and oxygen atoms in total. The first-order chi connectivity index (χ1) is 10.7. The van der Waals surface area contributed by atoms with Crippen molar-refractivity contribution in [3.63, 3.8) is 0 Å². The number of aliphatic hydroxyl groups is 2. The number of imidazole rings is 1. The van der Waals surface area contributed by atoms with E-state index in [4.69, 9.17) is 15.6 Å². The molecule has 23 heavy (non-hydrogen) atoms. The number of H-pyrrole nitrogens is 1. The highest BCUT2D eigenvalue weighted by molar-refractivity contribution is 5.70. The molecule has 5 N–H and O–H groups in total. The van der Waals surface area contributed by atoms with Crippen molar-refractivity contribution in [2.75, 3.05) is 12.3 Å². The van der Waals surface area contributed by atoms with Crippen LogP contribution in [0.1, 0.15) is 6.42 Å². The molecule has 0 unspecified atom stereocenters. The number of nitrogen functional groups attached to an aromatic ring is 1. The van der Waals surface area contributed by atoms with Gasteiger partial charge in [0, 0.05) is 6.42 Å². The molecule has 1 aliphatic heterocycles. The lowest BCUT2D eigenvalue weighted by atomic mass is 10.1. The first kappa shape index (κ1) is 15.7. The third kappa shape index (κ3) is 2.17. The fourth-order valence-electron chi connectivity index (χ4n) is 2.62. The smallest absolute Gasteiger partial charge is 0.394 e. The third-order valence-electron chi connectivity index (χ3n) is 3.70. The summed E-state index contributed by atoms with van der Waals surface area (Å²) in [6.07, 6.45) is -8.11. The number of fused-ring (bicyclic) bond motifs is 1. The Labute approximate surface area is 125 Å². The molecule has 3 rings (SSSR count). The molecule has 1 saturated heterocycles. The number of nitrogens with two attached hydrogens (primary N) is 1. The molecule has 1 fully saturated rings. The Hall–Kier alpha value is -2.18. The highest BCUT2D eigenvalue weighted by Gasteiger charge is 2.64. The first-order valence-corrected chi connectivity index (χ1v) is 6.46. The maximum Gasteiger partial charge on any atom is 0.437 e. The van der Waals surface area contributed by atoms with Crippen LogP contribution in [0.4, 0.5) is 19.1 Å². The Balaban J connectivity index is 2.26. The second-order valence-corrected chi connectivity index (χ2v) is 5.13. The van der Waals surface area contributed by atoms with E-state index in [1.54, 1.807) is 0 Å². The zero-order valence-electron chi connectivity index (χ0n) is 11.4. The van der Waals surface area contributed by atoms with Gasteiger partial charge in [0.25, 0.3) is 5.56 Å². The van der Waals surface area contributed by atoms with Crippen LogP contribution in [0.3, 0.4) is 0 Å². The van der Waals surface area contributed by atoms with Gasteiger partial charge in [-0.2, -0.15) is 18.2 Å². The largest absolute Gasteiger partial charge is 0.437 e. The van der Waals surface area contributed by atoms with Gasteiger partial charge in [0.1, 0.15) is 6.10 Å². The molecule has 0 spiro atoms. The number of rotatable bonds is 2. The Morgan fingerprint density at radius 2 is 2.26 bits per heavy atom. The topological polar surface area (TPSA) is 139 Å². The normalized spacial score (nSPS) is 28.6. The third-order valence-corrected chi connectivity index (χ3v) is 3.70. The minimum atomic E-state index is -4.97. The van der Waals surface area contributed by atoms with Gasteiger partial charge < -0.3 is 20.7 Å². The van der Waals surface area contributed by atoms with Gasteiger partial charge in [-0.1, -0.05) is 0 Å². The number of nitrogens with one attached hydrogen (secondary N) is 1. The number of aromatic nitrogens is 4. The minimum Gasteiger partial charge on any atom is -0.394 e. The van der Waals surface area contributed by atoms with Crippen LogP contribution in [0, 0.1) is 0 Å². The lowest BCUT2D eigenvalue weighted by molar-refractivity contribution is -0.310. The van der Waals surface area contributed by atoms with Crippen molar-refractivity contribution < 1.29 is 28.1 Å². The summed E-state index contributed by atoms with van der Waals surface area (Å²) in [5.41, 5.74) is 0.759. The summed E-state index contributed by atoms with van der Waals surface area (Å²) in [6.45, 7) is -0.804. The molecular weight excluding hydrogens is 323 g/mol. The fourth-order valence-corrected chi connectivity index (χ4v) is 2.62. The van der Waals surface area contributed by atoms with Crippen LogP contribution in [0.5, 0.6) is 0 Å². The van der Waals surface area contributed by atoms with Crippen LogP contribution < -0.4 is 11.3 Å². The van der Waals surface area contributed by atoms with E-state index in [2.05, 4.69) is 15.0 Å². The molecule has 0 radical (unpaired) electrons. The average Bonchev–Trinajstić information content (AvgIpc) is 2.99. The molecule has 0 amide bonds. The molecule has 12 heteroatoms. The van der Waals surface area contributed by atoms with E-state index < -0.39 is 48.3 Å². The van der Waals surface area contributed by atoms with Gasteiger partial charge in [-0.3, -0.25) is 14.3 Å². The minimum absolute atomic E-state index is 0.353. The predicted molar refractivity (Wildman–Crippen MR) is 69.2 cm³/mol. The summed E-state index contributed by atoms with van der Waals surface area (Å²) in [5, 5.41) is 18.8. The van der Waals surface area contributed by atoms with E-state index in [0.29, 0.717) is 4.57 Å². The maximum atomic E-state index is 13.7. The van der Waals surface area contributed by atoms with Crippen LogP contribution >= 0.6 is 0 Å². The number of hydrogen-bond donors (Lipinski definition) is 4. The lowest BCUT2D eigenvalue weighted by Crippen LogP contribution is -2.48.